The molecule has 116 valence electrons. The fraction of sp³-hybridized carbons (Fsp3) is 0. The fourth-order valence-electron chi connectivity index (χ4n) is 1.47. The highest BCUT2D eigenvalue weighted by Gasteiger charge is 1.95. The van der Waals surface area contributed by atoms with Gasteiger partial charge in [-0.3, -0.25) is 15.5 Å². The second-order valence-electron chi connectivity index (χ2n) is 3.92. The van der Waals surface area contributed by atoms with Gasteiger partial charge in [-0.1, -0.05) is 36.4 Å². The van der Waals surface area contributed by atoms with Crippen molar-refractivity contribution in [3.8, 4) is 0 Å². The molecule has 7 N–H and O–H groups in total. The molecule has 0 spiro atoms. The first-order chi connectivity index (χ1) is 10.7. The summed E-state index contributed by atoms with van der Waals surface area (Å²) < 4.78 is 6.47. The van der Waals surface area contributed by atoms with Crippen LogP contribution < -0.4 is 22.3 Å². The minimum absolute atomic E-state index is 0.197. The first-order valence-corrected chi connectivity index (χ1v) is 6.55. The summed E-state index contributed by atoms with van der Waals surface area (Å²) in [5.74, 6) is 0.393. The first-order valence-electron chi connectivity index (χ1n) is 6.21. The number of guanidine groups is 2. The molecule has 0 unspecified atom stereocenters. The van der Waals surface area contributed by atoms with Crippen molar-refractivity contribution in [1.29, 1.82) is 0 Å². The zero-order valence-corrected chi connectivity index (χ0v) is 12.4. The lowest BCUT2D eigenvalue weighted by atomic mass is 10.3. The maximum atomic E-state index is 6.47. The van der Waals surface area contributed by atoms with Crippen LogP contribution in [0.5, 0.6) is 0 Å². The van der Waals surface area contributed by atoms with Gasteiger partial charge in [0.25, 0.3) is 0 Å². The largest absolute Gasteiger partial charge is 0.368 e. The van der Waals surface area contributed by atoms with Crippen molar-refractivity contribution in [2.45, 2.75) is 0 Å². The molecule has 7 nitrogen and oxygen atoms in total. The molecule has 0 fully saturated rings. The summed E-state index contributed by atoms with van der Waals surface area (Å²) in [6.45, 7) is 0. The van der Waals surface area contributed by atoms with Crippen LogP contribution in [0.15, 0.2) is 70.6 Å². The Balaban J connectivity index is 0.00000116. The molecule has 8 heteroatoms. The standard InChI is InChI=1S/C14H16N6.ClHO/c15-13(17-11-7-3-1-4-8-11)19-20-14(16)18-12-9-5-2-6-10-12;1-2/h1-10H,(H3,15,17,19)(H3,16,18,20);2H. The van der Waals surface area contributed by atoms with Gasteiger partial charge in [-0.25, -0.2) is 9.98 Å². The van der Waals surface area contributed by atoms with Crippen molar-refractivity contribution in [3.05, 3.63) is 60.7 Å². The molecule has 22 heavy (non-hydrogen) atoms. The van der Waals surface area contributed by atoms with Gasteiger partial charge < -0.3 is 11.5 Å². The molecule has 0 aliphatic rings. The average molecular weight is 321 g/mol. The Morgan fingerprint density at radius 3 is 1.36 bits per heavy atom. The number of halogens is 1. The molecule has 0 aromatic heterocycles. The maximum absolute atomic E-state index is 6.47. The molecule has 0 bridgehead atoms. The van der Waals surface area contributed by atoms with Gasteiger partial charge in [0.05, 0.1) is 23.2 Å². The normalized spacial score (nSPS) is 11.2. The highest BCUT2D eigenvalue weighted by molar-refractivity contribution is 6.04. The second-order valence-corrected chi connectivity index (χ2v) is 3.92. The predicted molar refractivity (Wildman–Crippen MR) is 89.8 cm³/mol. The smallest absolute Gasteiger partial charge is 0.212 e. The van der Waals surface area contributed by atoms with Crippen LogP contribution in [0.25, 0.3) is 0 Å². The number of hydrogen-bond donors (Lipinski definition) is 5. The Hall–Kier alpha value is -2.77. The van der Waals surface area contributed by atoms with E-state index < -0.39 is 0 Å². The Kier molecular flexibility index (Phi) is 7.88. The number of hydrazine groups is 1. The van der Waals surface area contributed by atoms with E-state index in [-0.39, 0.29) is 11.9 Å². The fourth-order valence-corrected chi connectivity index (χ4v) is 1.47. The van der Waals surface area contributed by atoms with Gasteiger partial charge in [0.2, 0.25) is 11.9 Å². The zero-order valence-electron chi connectivity index (χ0n) is 11.6. The molecule has 0 saturated heterocycles. The number of rotatable bonds is 2. The number of nitrogens with one attached hydrogen (secondary N) is 2. The predicted octanol–water partition coefficient (Wildman–Crippen LogP) is 1.51. The third kappa shape index (κ3) is 6.60. The SMILES string of the molecule is NC(=Nc1ccccc1)NNC(N)=Nc1ccccc1.OCl. The van der Waals surface area contributed by atoms with Gasteiger partial charge in [0, 0.05) is 0 Å². The molecular weight excluding hydrogens is 304 g/mol. The van der Waals surface area contributed by atoms with Crippen LogP contribution in [-0.2, 0) is 0 Å². The topological polar surface area (TPSA) is 121 Å². The minimum Gasteiger partial charge on any atom is -0.368 e. The third-order valence-corrected chi connectivity index (χ3v) is 2.33. The van der Waals surface area contributed by atoms with Crippen LogP contribution in [0.1, 0.15) is 0 Å². The van der Waals surface area contributed by atoms with E-state index in [1.807, 2.05) is 60.7 Å². The highest BCUT2D eigenvalue weighted by atomic mass is 35.5. The minimum atomic E-state index is 0.197. The van der Waals surface area contributed by atoms with E-state index in [0.717, 1.165) is 11.4 Å². The molecule has 2 aromatic rings. The monoisotopic (exact) mass is 320 g/mol. The van der Waals surface area contributed by atoms with Gasteiger partial charge in [-0.15, -0.1) is 0 Å². The summed E-state index contributed by atoms with van der Waals surface area (Å²) in [6, 6.07) is 18.7. The lowest BCUT2D eigenvalue weighted by Gasteiger charge is -2.07. The van der Waals surface area contributed by atoms with E-state index in [1.54, 1.807) is 0 Å². The molecular formula is C14H17ClN6O. The molecule has 2 rings (SSSR count). The third-order valence-electron chi connectivity index (χ3n) is 2.33. The lowest BCUT2D eigenvalue weighted by Crippen LogP contribution is -2.48. The maximum Gasteiger partial charge on any atom is 0.212 e. The number of aliphatic imine (C=N–C) groups is 2. The molecule has 2 aromatic carbocycles. The number of para-hydroxylation sites is 2. The van der Waals surface area contributed by atoms with Crippen molar-refractivity contribution in [2.24, 2.45) is 21.5 Å². The second kappa shape index (κ2) is 10.0. The average Bonchev–Trinajstić information content (AvgIpc) is 2.57. The Morgan fingerprint density at radius 1 is 0.727 bits per heavy atom. The van der Waals surface area contributed by atoms with Gasteiger partial charge in [-0.05, 0) is 24.3 Å². The first kappa shape index (κ1) is 17.3. The summed E-state index contributed by atoms with van der Waals surface area (Å²) >= 11 is 3.64. The molecule has 0 radical (unpaired) electrons. The highest BCUT2D eigenvalue weighted by Crippen LogP contribution is 2.09. The zero-order chi connectivity index (χ0) is 16.2. The van der Waals surface area contributed by atoms with Gasteiger partial charge in [0.15, 0.2) is 0 Å². The molecule has 0 aliphatic heterocycles. The van der Waals surface area contributed by atoms with Crippen molar-refractivity contribution in [2.75, 3.05) is 0 Å². The van der Waals surface area contributed by atoms with E-state index in [2.05, 4.69) is 32.7 Å². The van der Waals surface area contributed by atoms with E-state index in [4.69, 9.17) is 16.1 Å². The number of benzene rings is 2. The van der Waals surface area contributed by atoms with Gasteiger partial charge >= 0.3 is 0 Å². The van der Waals surface area contributed by atoms with Gasteiger partial charge in [-0.2, -0.15) is 0 Å². The number of nitrogens with two attached hydrogens (primary N) is 2. The molecule has 0 amide bonds. The Labute approximate surface area is 133 Å². The van der Waals surface area contributed by atoms with Crippen LogP contribution in [0.3, 0.4) is 0 Å². The van der Waals surface area contributed by atoms with Crippen LogP contribution in [0, 0.1) is 0 Å². The van der Waals surface area contributed by atoms with E-state index in [1.165, 1.54) is 0 Å². The number of nitrogens with zero attached hydrogens (tertiary/aromatic N) is 2. The van der Waals surface area contributed by atoms with Gasteiger partial charge in [0.1, 0.15) is 0 Å². The van der Waals surface area contributed by atoms with Crippen molar-refractivity contribution < 1.29 is 4.66 Å². The van der Waals surface area contributed by atoms with Crippen molar-refractivity contribution >= 4 is 35.2 Å². The number of hydrogen-bond acceptors (Lipinski definition) is 3. The van der Waals surface area contributed by atoms with Crippen LogP contribution in [0.4, 0.5) is 11.4 Å². The van der Waals surface area contributed by atoms with Crippen LogP contribution in [-0.4, -0.2) is 16.6 Å². The Morgan fingerprint density at radius 2 is 1.05 bits per heavy atom. The van der Waals surface area contributed by atoms with Crippen molar-refractivity contribution in [3.63, 3.8) is 0 Å². The molecule has 0 atom stereocenters. The van der Waals surface area contributed by atoms with E-state index >= 15 is 0 Å². The Bertz CT molecular complexity index is 548. The summed E-state index contributed by atoms with van der Waals surface area (Å²) in [7, 11) is 0. The molecule has 0 aliphatic carbocycles. The van der Waals surface area contributed by atoms with Crippen LogP contribution >= 0.6 is 11.9 Å². The van der Waals surface area contributed by atoms with E-state index in [9.17, 15) is 0 Å². The lowest BCUT2D eigenvalue weighted by molar-refractivity contribution is 0.632. The summed E-state index contributed by atoms with van der Waals surface area (Å²) in [4.78, 5) is 8.30. The summed E-state index contributed by atoms with van der Waals surface area (Å²) in [5, 5.41) is 0. The van der Waals surface area contributed by atoms with E-state index in [0.29, 0.717) is 0 Å². The summed E-state index contributed by atoms with van der Waals surface area (Å²) in [6.07, 6.45) is 0. The quantitative estimate of drug-likeness (QED) is 0.326. The molecule has 0 saturated carbocycles. The molecule has 0 heterocycles. The van der Waals surface area contributed by atoms with Crippen molar-refractivity contribution in [1.82, 2.24) is 10.9 Å². The van der Waals surface area contributed by atoms with Crippen LogP contribution in [0.2, 0.25) is 0 Å². The summed E-state index contributed by atoms with van der Waals surface area (Å²) in [5.41, 5.74) is 18.3.